The Kier molecular flexibility index (Phi) is 3.06. The molecule has 2 aromatic carbocycles. The number of fused-ring (bicyclic) bond motifs is 1. The van der Waals surface area contributed by atoms with Gasteiger partial charge in [-0.2, -0.15) is 0 Å². The number of benzene rings is 2. The van der Waals surface area contributed by atoms with Gasteiger partial charge in [-0.25, -0.2) is 0 Å². The van der Waals surface area contributed by atoms with Crippen molar-refractivity contribution in [1.82, 2.24) is 0 Å². The lowest BCUT2D eigenvalue weighted by molar-refractivity contribution is 0.289. The van der Waals surface area contributed by atoms with Crippen LogP contribution in [0.15, 0.2) is 42.5 Å². The second-order valence-electron chi connectivity index (χ2n) is 4.20. The lowest BCUT2D eigenvalue weighted by Crippen LogP contribution is -2.31. The molecule has 1 aliphatic heterocycles. The first-order chi connectivity index (χ1) is 8.72. The first kappa shape index (κ1) is 11.7. The Morgan fingerprint density at radius 3 is 2.44 bits per heavy atom. The normalized spacial score (nSPS) is 14.0. The summed E-state index contributed by atoms with van der Waals surface area (Å²) in [5, 5.41) is 1.47. The fourth-order valence-corrected chi connectivity index (χ4v) is 2.35. The summed E-state index contributed by atoms with van der Waals surface area (Å²) in [6, 6.07) is 13.4. The minimum atomic E-state index is 0.538. The molecule has 92 valence electrons. The van der Waals surface area contributed by atoms with Gasteiger partial charge >= 0.3 is 0 Å². The molecular formula is C14H11Cl2NO. The van der Waals surface area contributed by atoms with Gasteiger partial charge in [-0.05, 0) is 42.5 Å². The monoisotopic (exact) mass is 279 g/mol. The van der Waals surface area contributed by atoms with Crippen molar-refractivity contribution in [1.29, 1.82) is 0 Å². The van der Waals surface area contributed by atoms with Gasteiger partial charge in [0.25, 0.3) is 0 Å². The van der Waals surface area contributed by atoms with Crippen molar-refractivity contribution in [2.24, 2.45) is 0 Å². The Morgan fingerprint density at radius 2 is 1.67 bits per heavy atom. The number of hydrogen-bond donors (Lipinski definition) is 0. The van der Waals surface area contributed by atoms with Crippen molar-refractivity contribution >= 4 is 28.9 Å². The van der Waals surface area contributed by atoms with Crippen LogP contribution in [-0.2, 0) is 6.54 Å². The maximum absolute atomic E-state index is 6.00. The number of hydrogen-bond acceptors (Lipinski definition) is 2. The van der Waals surface area contributed by atoms with Crippen LogP contribution in [0.5, 0.6) is 5.75 Å². The Labute approximate surface area is 116 Å². The van der Waals surface area contributed by atoms with Crippen molar-refractivity contribution in [3.63, 3.8) is 0 Å². The van der Waals surface area contributed by atoms with E-state index in [9.17, 15) is 0 Å². The van der Waals surface area contributed by atoms with Crippen LogP contribution >= 0.6 is 23.2 Å². The molecule has 0 unspecified atom stereocenters. The summed E-state index contributed by atoms with van der Waals surface area (Å²) in [6.07, 6.45) is 0. The summed E-state index contributed by atoms with van der Waals surface area (Å²) >= 11 is 11.9. The van der Waals surface area contributed by atoms with Gasteiger partial charge in [0, 0.05) is 27.8 Å². The second kappa shape index (κ2) is 4.71. The second-order valence-corrected chi connectivity index (χ2v) is 5.07. The van der Waals surface area contributed by atoms with Crippen LogP contribution in [0.2, 0.25) is 10.0 Å². The maximum Gasteiger partial charge on any atom is 0.161 e. The van der Waals surface area contributed by atoms with Crippen LogP contribution < -0.4 is 9.64 Å². The van der Waals surface area contributed by atoms with Crippen LogP contribution in [0.3, 0.4) is 0 Å². The summed E-state index contributed by atoms with van der Waals surface area (Å²) in [5.74, 6) is 0.907. The standard InChI is InChI=1S/C14H11Cl2NO/c15-11-1-4-13(5-2-11)17-8-10-7-12(16)3-6-14(10)18-9-17/h1-7H,8-9H2. The van der Waals surface area contributed by atoms with Gasteiger partial charge in [0.05, 0.1) is 0 Å². The Morgan fingerprint density at radius 1 is 0.944 bits per heavy atom. The van der Waals surface area contributed by atoms with Gasteiger partial charge in [-0.3, -0.25) is 0 Å². The SMILES string of the molecule is Clc1ccc(N2COc3ccc(Cl)cc3C2)cc1. The Bertz CT molecular complexity index is 569. The van der Waals surface area contributed by atoms with Crippen LogP contribution in [-0.4, -0.2) is 6.73 Å². The molecule has 0 N–H and O–H groups in total. The quantitative estimate of drug-likeness (QED) is 0.770. The fraction of sp³-hybridized carbons (Fsp3) is 0.143. The molecule has 4 heteroatoms. The topological polar surface area (TPSA) is 12.5 Å². The number of nitrogens with zero attached hydrogens (tertiary/aromatic N) is 1. The van der Waals surface area contributed by atoms with E-state index >= 15 is 0 Å². The Hall–Kier alpha value is -1.38. The third kappa shape index (κ3) is 2.26. The van der Waals surface area contributed by atoms with Crippen LogP contribution in [0.25, 0.3) is 0 Å². The molecule has 0 bridgehead atoms. The lowest BCUT2D eigenvalue weighted by atomic mass is 10.1. The Balaban J connectivity index is 1.88. The summed E-state index contributed by atoms with van der Waals surface area (Å²) in [7, 11) is 0. The highest BCUT2D eigenvalue weighted by atomic mass is 35.5. The van der Waals surface area contributed by atoms with E-state index in [2.05, 4.69) is 4.90 Å². The smallest absolute Gasteiger partial charge is 0.161 e. The average Bonchev–Trinajstić information content (AvgIpc) is 2.38. The highest BCUT2D eigenvalue weighted by Gasteiger charge is 2.17. The summed E-state index contributed by atoms with van der Waals surface area (Å²) in [5.41, 5.74) is 2.19. The molecule has 0 aromatic heterocycles. The minimum absolute atomic E-state index is 0.538. The predicted molar refractivity (Wildman–Crippen MR) is 74.6 cm³/mol. The van der Waals surface area contributed by atoms with E-state index in [1.165, 1.54) is 0 Å². The molecule has 1 aliphatic rings. The van der Waals surface area contributed by atoms with Crippen molar-refractivity contribution in [3.05, 3.63) is 58.1 Å². The zero-order valence-electron chi connectivity index (χ0n) is 9.57. The molecule has 2 nitrogen and oxygen atoms in total. The van der Waals surface area contributed by atoms with E-state index < -0.39 is 0 Å². The summed E-state index contributed by atoms with van der Waals surface area (Å²) in [4.78, 5) is 2.13. The van der Waals surface area contributed by atoms with Gasteiger partial charge in [0.1, 0.15) is 5.75 Å². The lowest BCUT2D eigenvalue weighted by Gasteiger charge is -2.30. The molecule has 3 rings (SSSR count). The first-order valence-electron chi connectivity index (χ1n) is 5.64. The van der Waals surface area contributed by atoms with Crippen molar-refractivity contribution < 1.29 is 4.74 Å². The third-order valence-electron chi connectivity index (χ3n) is 2.95. The first-order valence-corrected chi connectivity index (χ1v) is 6.40. The maximum atomic E-state index is 6.00. The van der Waals surface area contributed by atoms with Crippen LogP contribution in [0.4, 0.5) is 5.69 Å². The molecule has 0 saturated carbocycles. The number of rotatable bonds is 1. The molecule has 0 atom stereocenters. The molecule has 0 saturated heterocycles. The van der Waals surface area contributed by atoms with Crippen LogP contribution in [0, 0.1) is 0 Å². The molecule has 0 aliphatic carbocycles. The fourth-order valence-electron chi connectivity index (χ4n) is 2.03. The zero-order chi connectivity index (χ0) is 12.5. The van der Waals surface area contributed by atoms with Gasteiger partial charge in [0.2, 0.25) is 0 Å². The van der Waals surface area contributed by atoms with Crippen LogP contribution in [0.1, 0.15) is 5.56 Å². The predicted octanol–water partition coefficient (Wildman–Crippen LogP) is 4.35. The summed E-state index contributed by atoms with van der Waals surface area (Å²) in [6.45, 7) is 1.33. The number of halogens is 2. The van der Waals surface area contributed by atoms with Gasteiger partial charge in [-0.1, -0.05) is 23.2 Å². The van der Waals surface area contributed by atoms with Crippen molar-refractivity contribution in [3.8, 4) is 5.75 Å². The van der Waals surface area contributed by atoms with E-state index in [1.807, 2.05) is 42.5 Å². The van der Waals surface area contributed by atoms with Gasteiger partial charge in [0.15, 0.2) is 6.73 Å². The molecule has 0 radical (unpaired) electrons. The highest BCUT2D eigenvalue weighted by Crippen LogP contribution is 2.30. The van der Waals surface area contributed by atoms with E-state index in [4.69, 9.17) is 27.9 Å². The molecule has 0 amide bonds. The summed E-state index contributed by atoms with van der Waals surface area (Å²) < 4.78 is 5.71. The van der Waals surface area contributed by atoms with E-state index in [1.54, 1.807) is 0 Å². The van der Waals surface area contributed by atoms with E-state index in [0.29, 0.717) is 6.73 Å². The van der Waals surface area contributed by atoms with E-state index in [-0.39, 0.29) is 0 Å². The highest BCUT2D eigenvalue weighted by molar-refractivity contribution is 6.31. The molecule has 0 spiro atoms. The van der Waals surface area contributed by atoms with E-state index in [0.717, 1.165) is 33.6 Å². The van der Waals surface area contributed by atoms with Crippen molar-refractivity contribution in [2.75, 3.05) is 11.6 Å². The number of ether oxygens (including phenoxy) is 1. The molecule has 1 heterocycles. The number of anilines is 1. The largest absolute Gasteiger partial charge is 0.473 e. The van der Waals surface area contributed by atoms with Crippen molar-refractivity contribution in [2.45, 2.75) is 6.54 Å². The molecule has 18 heavy (non-hydrogen) atoms. The van der Waals surface area contributed by atoms with Gasteiger partial charge < -0.3 is 9.64 Å². The minimum Gasteiger partial charge on any atom is -0.473 e. The molecular weight excluding hydrogens is 269 g/mol. The zero-order valence-corrected chi connectivity index (χ0v) is 11.1. The third-order valence-corrected chi connectivity index (χ3v) is 3.44. The molecule has 0 fully saturated rings. The average molecular weight is 280 g/mol. The molecule has 2 aromatic rings. The van der Waals surface area contributed by atoms with Gasteiger partial charge in [-0.15, -0.1) is 0 Å².